The molecule has 8 nitrogen and oxygen atoms in total. The van der Waals surface area contributed by atoms with E-state index in [4.69, 9.17) is 5.11 Å². The van der Waals surface area contributed by atoms with Crippen LogP contribution in [-0.2, 0) is 6.54 Å². The lowest BCUT2D eigenvalue weighted by atomic mass is 10.3. The smallest absolute Gasteiger partial charge is 0.356 e. The monoisotopic (exact) mass is 236 g/mol. The van der Waals surface area contributed by atoms with Gasteiger partial charge >= 0.3 is 5.97 Å². The van der Waals surface area contributed by atoms with E-state index in [1.165, 1.54) is 0 Å². The van der Waals surface area contributed by atoms with Crippen molar-refractivity contribution in [2.24, 2.45) is 0 Å². The van der Waals surface area contributed by atoms with E-state index in [0.717, 1.165) is 16.8 Å². The molecular formula is C9H8N4O4. The van der Waals surface area contributed by atoms with E-state index in [9.17, 15) is 9.59 Å². The maximum absolute atomic E-state index is 11.5. The van der Waals surface area contributed by atoms with E-state index in [0.29, 0.717) is 11.4 Å². The summed E-state index contributed by atoms with van der Waals surface area (Å²) in [5, 5.41) is 19.6. The molecule has 2 rings (SSSR count). The minimum Gasteiger partial charge on any atom is -0.476 e. The van der Waals surface area contributed by atoms with Crippen molar-refractivity contribution < 1.29 is 14.5 Å². The first-order valence-corrected chi connectivity index (χ1v) is 4.67. The van der Waals surface area contributed by atoms with Crippen LogP contribution in [0.5, 0.6) is 0 Å². The van der Waals surface area contributed by atoms with Gasteiger partial charge in [-0.05, 0) is 13.0 Å². The Balaban J connectivity index is 2.39. The molecule has 8 heteroatoms. The predicted octanol–water partition coefficient (Wildman–Crippen LogP) is -0.319. The molecule has 0 saturated carbocycles. The van der Waals surface area contributed by atoms with Gasteiger partial charge in [0.2, 0.25) is 0 Å². The number of carboxylic acids is 1. The fraction of sp³-hybridized carbons (Fsp3) is 0.222. The molecule has 1 N–H and O–H groups in total. The summed E-state index contributed by atoms with van der Waals surface area (Å²) in [6.07, 6.45) is 0. The molecule has 0 aliphatic rings. The van der Waals surface area contributed by atoms with E-state index in [-0.39, 0.29) is 12.2 Å². The van der Waals surface area contributed by atoms with Crippen molar-refractivity contribution >= 4 is 5.97 Å². The Morgan fingerprint density at radius 2 is 2.24 bits per heavy atom. The summed E-state index contributed by atoms with van der Waals surface area (Å²) in [6.45, 7) is 1.69. The molecule has 0 unspecified atom stereocenters. The molecule has 88 valence electrons. The summed E-state index contributed by atoms with van der Waals surface area (Å²) < 4.78 is 5.47. The first-order valence-electron chi connectivity index (χ1n) is 4.67. The molecule has 0 spiro atoms. The number of nitrogens with zero attached hydrogens (tertiary/aromatic N) is 4. The van der Waals surface area contributed by atoms with Crippen LogP contribution in [-0.4, -0.2) is 31.2 Å². The van der Waals surface area contributed by atoms with Crippen molar-refractivity contribution in [3.63, 3.8) is 0 Å². The van der Waals surface area contributed by atoms with Crippen LogP contribution in [0.1, 0.15) is 21.9 Å². The second kappa shape index (κ2) is 4.16. The maximum Gasteiger partial charge on any atom is 0.356 e. The predicted molar refractivity (Wildman–Crippen MR) is 53.6 cm³/mol. The molecule has 17 heavy (non-hydrogen) atoms. The zero-order valence-corrected chi connectivity index (χ0v) is 8.82. The van der Waals surface area contributed by atoms with Crippen LogP contribution in [0.3, 0.4) is 0 Å². The van der Waals surface area contributed by atoms with Gasteiger partial charge in [0, 0.05) is 6.07 Å². The highest BCUT2D eigenvalue weighted by Crippen LogP contribution is 2.01. The van der Waals surface area contributed by atoms with E-state index in [2.05, 4.69) is 20.0 Å². The molecule has 2 aromatic rings. The Labute approximate surface area is 94.5 Å². The molecule has 0 aliphatic heterocycles. The number of rotatable bonds is 3. The molecule has 0 radical (unpaired) electrons. The maximum atomic E-state index is 11.5. The Hall–Kier alpha value is -2.51. The van der Waals surface area contributed by atoms with E-state index >= 15 is 0 Å². The Morgan fingerprint density at radius 3 is 2.82 bits per heavy atom. The minimum atomic E-state index is -1.20. The lowest BCUT2D eigenvalue weighted by molar-refractivity contribution is 0.0687. The quantitative estimate of drug-likeness (QED) is 0.777. The molecule has 0 atom stereocenters. The minimum absolute atomic E-state index is 0.0231. The van der Waals surface area contributed by atoms with Crippen LogP contribution in [0.4, 0.5) is 0 Å². The summed E-state index contributed by atoms with van der Waals surface area (Å²) in [4.78, 5) is 22.2. The van der Waals surface area contributed by atoms with Crippen LogP contribution >= 0.6 is 0 Å². The van der Waals surface area contributed by atoms with Gasteiger partial charge < -0.3 is 5.11 Å². The molecule has 0 saturated heterocycles. The van der Waals surface area contributed by atoms with Crippen molar-refractivity contribution in [2.75, 3.05) is 0 Å². The second-order valence-electron chi connectivity index (χ2n) is 3.32. The third kappa shape index (κ3) is 2.19. The number of aryl methyl sites for hydroxylation is 1. The highest BCUT2D eigenvalue weighted by atomic mass is 16.6. The van der Waals surface area contributed by atoms with E-state index in [1.54, 1.807) is 6.92 Å². The van der Waals surface area contributed by atoms with Crippen molar-refractivity contribution in [3.05, 3.63) is 39.6 Å². The van der Waals surface area contributed by atoms with Gasteiger partial charge in [0.15, 0.2) is 5.69 Å². The topological polar surface area (TPSA) is 111 Å². The fourth-order valence-corrected chi connectivity index (χ4v) is 1.21. The van der Waals surface area contributed by atoms with Crippen molar-refractivity contribution in [2.45, 2.75) is 13.5 Å². The second-order valence-corrected chi connectivity index (χ2v) is 3.32. The van der Waals surface area contributed by atoms with Gasteiger partial charge in [0.25, 0.3) is 5.56 Å². The number of aromatic carboxylic acids is 1. The van der Waals surface area contributed by atoms with Crippen molar-refractivity contribution in [1.29, 1.82) is 0 Å². The summed E-state index contributed by atoms with van der Waals surface area (Å²) in [5.41, 5.74) is 0.331. The third-order valence-corrected chi connectivity index (χ3v) is 2.13. The van der Waals surface area contributed by atoms with Gasteiger partial charge in [-0.15, -0.1) is 0 Å². The number of aromatic nitrogens is 4. The number of hydrogen-bond acceptors (Lipinski definition) is 6. The normalized spacial score (nSPS) is 10.4. The zero-order valence-electron chi connectivity index (χ0n) is 8.82. The average molecular weight is 236 g/mol. The van der Waals surface area contributed by atoms with Gasteiger partial charge in [0.05, 0.1) is 6.54 Å². The van der Waals surface area contributed by atoms with Crippen LogP contribution in [0.25, 0.3) is 0 Å². The van der Waals surface area contributed by atoms with Gasteiger partial charge in [-0.1, -0.05) is 10.3 Å². The first kappa shape index (κ1) is 11.0. The van der Waals surface area contributed by atoms with Gasteiger partial charge in [0.1, 0.15) is 11.4 Å². The summed E-state index contributed by atoms with van der Waals surface area (Å²) in [7, 11) is 0. The SMILES string of the molecule is Cc1nonc1Cn1nc(C(=O)O)ccc1=O. The fourth-order valence-electron chi connectivity index (χ4n) is 1.21. The van der Waals surface area contributed by atoms with E-state index < -0.39 is 11.5 Å². The Bertz CT molecular complexity index is 615. The van der Waals surface area contributed by atoms with Gasteiger partial charge in [-0.25, -0.2) is 14.1 Å². The average Bonchev–Trinajstić information content (AvgIpc) is 2.67. The summed E-state index contributed by atoms with van der Waals surface area (Å²) >= 11 is 0. The lowest BCUT2D eigenvalue weighted by Crippen LogP contribution is -2.25. The summed E-state index contributed by atoms with van der Waals surface area (Å²) in [6, 6.07) is 2.29. The molecule has 0 aliphatic carbocycles. The highest BCUT2D eigenvalue weighted by molar-refractivity contribution is 5.84. The highest BCUT2D eigenvalue weighted by Gasteiger charge is 2.11. The van der Waals surface area contributed by atoms with Gasteiger partial charge in [-0.3, -0.25) is 4.79 Å². The molecule has 2 aromatic heterocycles. The van der Waals surface area contributed by atoms with Crippen LogP contribution in [0.15, 0.2) is 21.6 Å². The Morgan fingerprint density at radius 1 is 1.47 bits per heavy atom. The summed E-state index contributed by atoms with van der Waals surface area (Å²) in [5.74, 6) is -1.20. The van der Waals surface area contributed by atoms with Gasteiger partial charge in [-0.2, -0.15) is 5.10 Å². The van der Waals surface area contributed by atoms with Crippen molar-refractivity contribution in [3.8, 4) is 0 Å². The number of hydrogen-bond donors (Lipinski definition) is 1. The van der Waals surface area contributed by atoms with Crippen molar-refractivity contribution in [1.82, 2.24) is 20.1 Å². The first-order chi connectivity index (χ1) is 8.08. The standard InChI is InChI=1S/C9H8N4O4/c1-5-7(12-17-11-5)4-13-8(14)3-2-6(10-13)9(15)16/h2-3H,4H2,1H3,(H,15,16). The zero-order chi connectivity index (χ0) is 12.4. The molecule has 0 amide bonds. The molecule has 2 heterocycles. The molecular weight excluding hydrogens is 228 g/mol. The molecule has 0 aromatic carbocycles. The third-order valence-electron chi connectivity index (χ3n) is 2.13. The number of carboxylic acid groups (broad SMARTS) is 1. The Kier molecular flexibility index (Phi) is 2.69. The van der Waals surface area contributed by atoms with E-state index in [1.807, 2.05) is 0 Å². The largest absolute Gasteiger partial charge is 0.476 e. The van der Waals surface area contributed by atoms with Crippen LogP contribution in [0.2, 0.25) is 0 Å². The molecule has 0 bridgehead atoms. The van der Waals surface area contributed by atoms with Crippen LogP contribution in [0, 0.1) is 6.92 Å². The molecule has 0 fully saturated rings. The number of carbonyl (C=O) groups is 1. The van der Waals surface area contributed by atoms with Crippen LogP contribution < -0.4 is 5.56 Å². The lowest BCUT2D eigenvalue weighted by Gasteiger charge is -2.02.